The normalized spacial score (nSPS) is 11.5. The van der Waals surface area contributed by atoms with E-state index in [0.717, 1.165) is 16.4 Å². The Morgan fingerprint density at radius 1 is 1.39 bits per heavy atom. The van der Waals surface area contributed by atoms with E-state index < -0.39 is 5.60 Å². The Labute approximate surface area is 109 Å². The Kier molecular flexibility index (Phi) is 3.17. The first-order valence-corrected chi connectivity index (χ1v) is 6.28. The molecule has 94 valence electrons. The number of aldehydes is 1. The van der Waals surface area contributed by atoms with Crippen LogP contribution in [0.5, 0.6) is 0 Å². The van der Waals surface area contributed by atoms with Gasteiger partial charge in [-0.3, -0.25) is 9.78 Å². The third-order valence-electron chi connectivity index (χ3n) is 2.20. The van der Waals surface area contributed by atoms with Crippen LogP contribution in [0.25, 0.3) is 10.1 Å². The Bertz CT molecular complexity index is 610. The molecule has 0 aromatic carbocycles. The monoisotopic (exact) mass is 263 g/mol. The van der Waals surface area contributed by atoms with Gasteiger partial charge in [0.25, 0.3) is 0 Å². The van der Waals surface area contributed by atoms with E-state index in [1.54, 1.807) is 12.3 Å². The molecule has 0 bridgehead atoms. The number of esters is 1. The third-order valence-corrected chi connectivity index (χ3v) is 3.25. The van der Waals surface area contributed by atoms with E-state index in [-0.39, 0.29) is 5.97 Å². The Hall–Kier alpha value is -1.75. The van der Waals surface area contributed by atoms with E-state index in [4.69, 9.17) is 4.74 Å². The summed E-state index contributed by atoms with van der Waals surface area (Å²) in [6.07, 6.45) is 3.86. The van der Waals surface area contributed by atoms with Crippen molar-refractivity contribution in [3.8, 4) is 0 Å². The summed E-state index contributed by atoms with van der Waals surface area (Å²) in [6.45, 7) is 5.45. The van der Waals surface area contributed by atoms with Crippen LogP contribution in [0.3, 0.4) is 0 Å². The van der Waals surface area contributed by atoms with Gasteiger partial charge in [0.05, 0.1) is 4.70 Å². The maximum absolute atomic E-state index is 11.9. The minimum absolute atomic E-state index is 0.374. The molecule has 0 N–H and O–H groups in total. The second-order valence-corrected chi connectivity index (χ2v) is 5.95. The molecule has 0 amide bonds. The Morgan fingerprint density at radius 3 is 2.72 bits per heavy atom. The molecule has 2 aromatic rings. The van der Waals surface area contributed by atoms with Gasteiger partial charge in [-0.25, -0.2) is 4.79 Å². The predicted octanol–water partition coefficient (Wildman–Crippen LogP) is 3.06. The first kappa shape index (κ1) is 12.7. The van der Waals surface area contributed by atoms with Crippen molar-refractivity contribution in [3.63, 3.8) is 0 Å². The highest BCUT2D eigenvalue weighted by molar-refractivity contribution is 7.20. The first-order valence-electron chi connectivity index (χ1n) is 5.47. The average Bonchev–Trinajstić information content (AvgIpc) is 2.70. The van der Waals surface area contributed by atoms with Crippen LogP contribution in [-0.2, 0) is 4.74 Å². The molecule has 2 heterocycles. The number of hydrogen-bond donors (Lipinski definition) is 0. The molecule has 18 heavy (non-hydrogen) atoms. The van der Waals surface area contributed by atoms with E-state index in [2.05, 4.69) is 4.98 Å². The van der Waals surface area contributed by atoms with Crippen LogP contribution in [0.15, 0.2) is 18.5 Å². The Morgan fingerprint density at radius 2 is 2.11 bits per heavy atom. The number of pyridine rings is 1. The van der Waals surface area contributed by atoms with Crippen molar-refractivity contribution in [2.24, 2.45) is 0 Å². The summed E-state index contributed by atoms with van der Waals surface area (Å²) in [6, 6.07) is 1.68. The van der Waals surface area contributed by atoms with E-state index in [1.807, 2.05) is 20.8 Å². The standard InChI is InChI=1S/C13H13NO3S/c1-13(2,3)17-12(16)10-4-9-8(7-15)5-14-6-11(9)18-10/h4-7H,1-3H3. The topological polar surface area (TPSA) is 56.3 Å². The summed E-state index contributed by atoms with van der Waals surface area (Å²) < 4.78 is 6.10. The highest BCUT2D eigenvalue weighted by Crippen LogP contribution is 2.28. The first-order chi connectivity index (χ1) is 8.40. The Balaban J connectivity index is 2.42. The lowest BCUT2D eigenvalue weighted by atomic mass is 10.2. The summed E-state index contributed by atoms with van der Waals surface area (Å²) in [4.78, 5) is 27.2. The van der Waals surface area contributed by atoms with Gasteiger partial charge in [0, 0.05) is 23.3 Å². The number of carbonyl (C=O) groups excluding carboxylic acids is 2. The van der Waals surface area contributed by atoms with Crippen molar-refractivity contribution in [1.29, 1.82) is 0 Å². The molecule has 0 saturated carbocycles. The fraction of sp³-hybridized carbons (Fsp3) is 0.308. The van der Waals surface area contributed by atoms with Crippen LogP contribution >= 0.6 is 11.3 Å². The van der Waals surface area contributed by atoms with Gasteiger partial charge < -0.3 is 4.74 Å². The lowest BCUT2D eigenvalue weighted by Crippen LogP contribution is -2.23. The summed E-state index contributed by atoms with van der Waals surface area (Å²) >= 11 is 1.28. The van der Waals surface area contributed by atoms with Crippen LogP contribution in [0, 0.1) is 0 Å². The maximum atomic E-state index is 11.9. The minimum atomic E-state index is -0.529. The van der Waals surface area contributed by atoms with Crippen molar-refractivity contribution < 1.29 is 14.3 Å². The van der Waals surface area contributed by atoms with Crippen LogP contribution in [0.4, 0.5) is 0 Å². The van der Waals surface area contributed by atoms with Crippen molar-refractivity contribution in [2.45, 2.75) is 26.4 Å². The lowest BCUT2D eigenvalue weighted by molar-refractivity contribution is 0.00752. The predicted molar refractivity (Wildman–Crippen MR) is 70.2 cm³/mol. The number of rotatable bonds is 2. The number of thiophene rings is 1. The molecule has 2 aromatic heterocycles. The van der Waals surface area contributed by atoms with Gasteiger partial charge >= 0.3 is 5.97 Å². The molecule has 0 aliphatic heterocycles. The number of aromatic nitrogens is 1. The smallest absolute Gasteiger partial charge is 0.348 e. The molecule has 0 atom stereocenters. The van der Waals surface area contributed by atoms with Crippen LogP contribution < -0.4 is 0 Å². The number of nitrogens with zero attached hydrogens (tertiary/aromatic N) is 1. The molecule has 4 nitrogen and oxygen atoms in total. The van der Waals surface area contributed by atoms with E-state index >= 15 is 0 Å². The van der Waals surface area contributed by atoms with E-state index in [0.29, 0.717) is 10.4 Å². The molecule has 0 aliphatic carbocycles. The molecule has 0 spiro atoms. The zero-order valence-electron chi connectivity index (χ0n) is 10.4. The zero-order valence-corrected chi connectivity index (χ0v) is 11.2. The summed E-state index contributed by atoms with van der Waals surface area (Å²) in [5.74, 6) is -0.374. The van der Waals surface area contributed by atoms with Gasteiger partial charge in [-0.2, -0.15) is 0 Å². The second-order valence-electron chi connectivity index (χ2n) is 4.87. The quantitative estimate of drug-likeness (QED) is 0.617. The third kappa shape index (κ3) is 2.56. The van der Waals surface area contributed by atoms with Gasteiger partial charge in [0.15, 0.2) is 6.29 Å². The number of hydrogen-bond acceptors (Lipinski definition) is 5. The maximum Gasteiger partial charge on any atom is 0.348 e. The van der Waals surface area contributed by atoms with Crippen LogP contribution in [-0.4, -0.2) is 22.8 Å². The second kappa shape index (κ2) is 4.49. The van der Waals surface area contributed by atoms with Crippen molar-refractivity contribution in [1.82, 2.24) is 4.98 Å². The molecule has 5 heteroatoms. The SMILES string of the molecule is CC(C)(C)OC(=O)c1cc2c(C=O)cncc2s1. The molecular formula is C13H13NO3S. The summed E-state index contributed by atoms with van der Waals surface area (Å²) in [5, 5.41) is 0.742. The summed E-state index contributed by atoms with van der Waals surface area (Å²) in [5.41, 5.74) is -0.0440. The van der Waals surface area contributed by atoms with E-state index in [9.17, 15) is 9.59 Å². The van der Waals surface area contributed by atoms with Gasteiger partial charge in [0.2, 0.25) is 0 Å². The van der Waals surface area contributed by atoms with Gasteiger partial charge in [-0.1, -0.05) is 0 Å². The summed E-state index contributed by atoms with van der Waals surface area (Å²) in [7, 11) is 0. The van der Waals surface area contributed by atoms with Crippen molar-refractivity contribution in [2.75, 3.05) is 0 Å². The minimum Gasteiger partial charge on any atom is -0.456 e. The highest BCUT2D eigenvalue weighted by Gasteiger charge is 2.20. The molecule has 0 unspecified atom stereocenters. The van der Waals surface area contributed by atoms with Gasteiger partial charge in [0.1, 0.15) is 10.5 Å². The van der Waals surface area contributed by atoms with E-state index in [1.165, 1.54) is 17.5 Å². The molecular weight excluding hydrogens is 250 g/mol. The molecule has 2 rings (SSSR count). The highest BCUT2D eigenvalue weighted by atomic mass is 32.1. The fourth-order valence-electron chi connectivity index (χ4n) is 1.50. The largest absolute Gasteiger partial charge is 0.456 e. The van der Waals surface area contributed by atoms with Gasteiger partial charge in [-0.15, -0.1) is 11.3 Å². The number of fused-ring (bicyclic) bond motifs is 1. The molecule has 0 saturated heterocycles. The molecule has 0 aliphatic rings. The average molecular weight is 263 g/mol. The molecule has 0 radical (unpaired) electrons. The number of ether oxygens (including phenoxy) is 1. The zero-order chi connectivity index (χ0) is 13.3. The lowest BCUT2D eigenvalue weighted by Gasteiger charge is -2.18. The van der Waals surface area contributed by atoms with Crippen molar-refractivity contribution >= 4 is 33.7 Å². The van der Waals surface area contributed by atoms with Crippen molar-refractivity contribution in [3.05, 3.63) is 28.9 Å². The van der Waals surface area contributed by atoms with Crippen LogP contribution in [0.2, 0.25) is 0 Å². The van der Waals surface area contributed by atoms with Crippen LogP contribution in [0.1, 0.15) is 40.8 Å². The van der Waals surface area contributed by atoms with Gasteiger partial charge in [-0.05, 0) is 26.8 Å². The molecule has 0 fully saturated rings. The number of carbonyl (C=O) groups is 2. The fourth-order valence-corrected chi connectivity index (χ4v) is 2.44.